The van der Waals surface area contributed by atoms with E-state index in [0.717, 1.165) is 34.5 Å². The Balaban J connectivity index is 1.68. The summed E-state index contributed by atoms with van der Waals surface area (Å²) in [7, 11) is 0. The summed E-state index contributed by atoms with van der Waals surface area (Å²) in [4.78, 5) is 4.36. The molecule has 0 amide bonds. The fraction of sp³-hybridized carbons (Fsp3) is 0.316. The maximum atomic E-state index is 9.82. The predicted molar refractivity (Wildman–Crippen MR) is 98.6 cm³/mol. The average Bonchev–Trinajstić information content (AvgIpc) is 2.82. The van der Waals surface area contributed by atoms with Crippen molar-refractivity contribution < 1.29 is 14.6 Å². The highest BCUT2D eigenvalue weighted by Crippen LogP contribution is 2.32. The SMILES string of the molecule is Cc1cc(CN=C(N)Nc2ccc3c(c2)OCCCO3)cc(C)c1O. The molecule has 6 heteroatoms. The number of phenols is 1. The molecule has 6 nitrogen and oxygen atoms in total. The van der Waals surface area contributed by atoms with Crippen molar-refractivity contribution in [3.8, 4) is 17.2 Å². The first-order valence-corrected chi connectivity index (χ1v) is 8.28. The van der Waals surface area contributed by atoms with Crippen molar-refractivity contribution in [2.45, 2.75) is 26.8 Å². The quantitative estimate of drug-likeness (QED) is 0.590. The van der Waals surface area contributed by atoms with Crippen LogP contribution in [0, 0.1) is 13.8 Å². The van der Waals surface area contributed by atoms with Crippen LogP contribution in [0.25, 0.3) is 0 Å². The number of nitrogens with two attached hydrogens (primary N) is 1. The van der Waals surface area contributed by atoms with Crippen LogP contribution in [0.4, 0.5) is 5.69 Å². The summed E-state index contributed by atoms with van der Waals surface area (Å²) >= 11 is 0. The van der Waals surface area contributed by atoms with Crippen molar-refractivity contribution in [1.29, 1.82) is 0 Å². The third-order valence-electron chi connectivity index (χ3n) is 4.00. The fourth-order valence-corrected chi connectivity index (χ4v) is 2.74. The van der Waals surface area contributed by atoms with E-state index in [1.165, 1.54) is 0 Å². The average molecular weight is 341 g/mol. The highest BCUT2D eigenvalue weighted by atomic mass is 16.5. The van der Waals surface area contributed by atoms with E-state index in [-0.39, 0.29) is 0 Å². The Labute approximate surface area is 147 Å². The van der Waals surface area contributed by atoms with Gasteiger partial charge in [0.15, 0.2) is 17.5 Å². The van der Waals surface area contributed by atoms with Crippen LogP contribution in [0.3, 0.4) is 0 Å². The molecule has 0 radical (unpaired) electrons. The maximum absolute atomic E-state index is 9.82. The van der Waals surface area contributed by atoms with Gasteiger partial charge in [-0.3, -0.25) is 0 Å². The van der Waals surface area contributed by atoms with E-state index in [0.29, 0.717) is 37.2 Å². The molecule has 2 aromatic rings. The number of aliphatic imine (C=N–C) groups is 1. The van der Waals surface area contributed by atoms with Crippen molar-refractivity contribution in [3.05, 3.63) is 47.0 Å². The molecule has 132 valence electrons. The summed E-state index contributed by atoms with van der Waals surface area (Å²) < 4.78 is 11.3. The number of hydrogen-bond acceptors (Lipinski definition) is 4. The van der Waals surface area contributed by atoms with Gasteiger partial charge in [-0.25, -0.2) is 4.99 Å². The molecule has 3 rings (SSSR count). The summed E-state index contributed by atoms with van der Waals surface area (Å²) in [6.07, 6.45) is 0.868. The molecule has 1 aliphatic rings. The lowest BCUT2D eigenvalue weighted by Crippen LogP contribution is -2.22. The molecule has 0 unspecified atom stereocenters. The first-order valence-electron chi connectivity index (χ1n) is 8.28. The van der Waals surface area contributed by atoms with E-state index >= 15 is 0 Å². The van der Waals surface area contributed by atoms with Crippen molar-refractivity contribution >= 4 is 11.6 Å². The number of benzene rings is 2. The van der Waals surface area contributed by atoms with Crippen LogP contribution in [-0.4, -0.2) is 24.3 Å². The van der Waals surface area contributed by atoms with E-state index < -0.39 is 0 Å². The minimum atomic E-state index is 0.317. The van der Waals surface area contributed by atoms with Gasteiger partial charge in [-0.15, -0.1) is 0 Å². The smallest absolute Gasteiger partial charge is 0.193 e. The number of nitrogens with zero attached hydrogens (tertiary/aromatic N) is 1. The molecule has 4 N–H and O–H groups in total. The van der Waals surface area contributed by atoms with Gasteiger partial charge in [0, 0.05) is 18.2 Å². The minimum absolute atomic E-state index is 0.317. The van der Waals surface area contributed by atoms with Crippen molar-refractivity contribution in [1.82, 2.24) is 0 Å². The van der Waals surface area contributed by atoms with Gasteiger partial charge in [0.1, 0.15) is 5.75 Å². The second kappa shape index (κ2) is 7.34. The normalized spacial score (nSPS) is 14.1. The molecule has 0 spiro atoms. The number of hydrogen-bond donors (Lipinski definition) is 3. The fourth-order valence-electron chi connectivity index (χ4n) is 2.74. The van der Waals surface area contributed by atoms with Gasteiger partial charge in [0.2, 0.25) is 0 Å². The molecule has 1 aliphatic heterocycles. The van der Waals surface area contributed by atoms with E-state index in [1.54, 1.807) is 0 Å². The number of rotatable bonds is 3. The van der Waals surface area contributed by atoms with Gasteiger partial charge in [0.05, 0.1) is 19.8 Å². The number of nitrogens with one attached hydrogen (secondary N) is 1. The van der Waals surface area contributed by atoms with Gasteiger partial charge < -0.3 is 25.6 Å². The molecule has 2 aromatic carbocycles. The number of fused-ring (bicyclic) bond motifs is 1. The van der Waals surface area contributed by atoms with Gasteiger partial charge in [-0.2, -0.15) is 0 Å². The van der Waals surface area contributed by atoms with Crippen LogP contribution in [-0.2, 0) is 6.54 Å². The minimum Gasteiger partial charge on any atom is -0.507 e. The first-order chi connectivity index (χ1) is 12.0. The van der Waals surface area contributed by atoms with Crippen LogP contribution < -0.4 is 20.5 Å². The maximum Gasteiger partial charge on any atom is 0.193 e. The molecule has 0 aliphatic carbocycles. The number of aryl methyl sites for hydroxylation is 2. The molecular formula is C19H23N3O3. The Bertz CT molecular complexity index is 779. The lowest BCUT2D eigenvalue weighted by molar-refractivity contribution is 0.297. The Morgan fingerprint density at radius 2 is 1.80 bits per heavy atom. The summed E-state index contributed by atoms with van der Waals surface area (Å²) in [5, 5.41) is 12.9. The molecule has 0 saturated heterocycles. The number of ether oxygens (including phenoxy) is 2. The lowest BCUT2D eigenvalue weighted by Gasteiger charge is -2.11. The number of aromatic hydroxyl groups is 1. The van der Waals surface area contributed by atoms with Crippen molar-refractivity contribution in [2.75, 3.05) is 18.5 Å². The number of anilines is 1. The molecule has 0 aromatic heterocycles. The van der Waals surface area contributed by atoms with E-state index in [1.807, 2.05) is 44.2 Å². The topological polar surface area (TPSA) is 89.1 Å². The molecule has 0 atom stereocenters. The molecule has 25 heavy (non-hydrogen) atoms. The molecular weight excluding hydrogens is 318 g/mol. The molecule has 0 saturated carbocycles. The van der Waals surface area contributed by atoms with Crippen LogP contribution >= 0.6 is 0 Å². The Hall–Kier alpha value is -2.89. The van der Waals surface area contributed by atoms with Crippen LogP contribution in [0.2, 0.25) is 0 Å². The Kier molecular flexibility index (Phi) is 4.97. The lowest BCUT2D eigenvalue weighted by atomic mass is 10.1. The van der Waals surface area contributed by atoms with Gasteiger partial charge in [-0.1, -0.05) is 12.1 Å². The first kappa shape index (κ1) is 17.0. The van der Waals surface area contributed by atoms with E-state index in [4.69, 9.17) is 15.2 Å². The highest BCUT2D eigenvalue weighted by molar-refractivity contribution is 5.92. The van der Waals surface area contributed by atoms with Crippen LogP contribution in [0.1, 0.15) is 23.1 Å². The monoisotopic (exact) mass is 341 g/mol. The van der Waals surface area contributed by atoms with Crippen molar-refractivity contribution in [2.24, 2.45) is 10.7 Å². The Morgan fingerprint density at radius 3 is 2.52 bits per heavy atom. The van der Waals surface area contributed by atoms with Gasteiger partial charge >= 0.3 is 0 Å². The zero-order valence-corrected chi connectivity index (χ0v) is 14.5. The van der Waals surface area contributed by atoms with Crippen molar-refractivity contribution in [3.63, 3.8) is 0 Å². The van der Waals surface area contributed by atoms with E-state index in [9.17, 15) is 5.11 Å². The summed E-state index contributed by atoms with van der Waals surface area (Å²) in [5.41, 5.74) is 9.44. The van der Waals surface area contributed by atoms with Crippen LogP contribution in [0.5, 0.6) is 17.2 Å². The number of phenolic OH excluding ortho intramolecular Hbond substituents is 1. The van der Waals surface area contributed by atoms with E-state index in [2.05, 4.69) is 10.3 Å². The largest absolute Gasteiger partial charge is 0.507 e. The zero-order chi connectivity index (χ0) is 17.8. The summed E-state index contributed by atoms with van der Waals surface area (Å²) in [5.74, 6) is 2.09. The third-order valence-corrected chi connectivity index (χ3v) is 4.00. The van der Waals surface area contributed by atoms with Crippen LogP contribution in [0.15, 0.2) is 35.3 Å². The summed E-state index contributed by atoms with van der Waals surface area (Å²) in [6.45, 7) is 5.48. The third kappa shape index (κ3) is 4.15. The second-order valence-electron chi connectivity index (χ2n) is 6.12. The second-order valence-corrected chi connectivity index (χ2v) is 6.12. The summed E-state index contributed by atoms with van der Waals surface area (Å²) in [6, 6.07) is 9.42. The van der Waals surface area contributed by atoms with Gasteiger partial charge in [-0.05, 0) is 42.7 Å². The Morgan fingerprint density at radius 1 is 1.12 bits per heavy atom. The van der Waals surface area contributed by atoms with Gasteiger partial charge in [0.25, 0.3) is 0 Å². The molecule has 0 bridgehead atoms. The number of guanidine groups is 1. The molecule has 1 heterocycles. The standard InChI is InChI=1S/C19H23N3O3/c1-12-8-14(9-13(2)18(12)23)11-21-19(20)22-15-4-5-16-17(10-15)25-7-3-6-24-16/h4-5,8-10,23H,3,6-7,11H2,1-2H3,(H3,20,21,22). The highest BCUT2D eigenvalue weighted by Gasteiger charge is 2.11. The molecule has 0 fully saturated rings. The predicted octanol–water partition coefficient (Wildman–Crippen LogP) is 3.10. The zero-order valence-electron chi connectivity index (χ0n) is 14.5.